The van der Waals surface area contributed by atoms with Gasteiger partial charge in [-0.3, -0.25) is 4.90 Å². The van der Waals surface area contributed by atoms with Gasteiger partial charge in [0.1, 0.15) is 17.4 Å². The molecule has 9 rings (SSSR count). The van der Waals surface area contributed by atoms with Gasteiger partial charge in [0.15, 0.2) is 0 Å². The van der Waals surface area contributed by atoms with Crippen molar-refractivity contribution in [1.29, 1.82) is 0 Å². The minimum Gasteiger partial charge on any atom is -0.384 e. The Morgan fingerprint density at radius 1 is 1.00 bits per heavy atom. The molecule has 198 valence electrons. The maximum atomic E-state index is 7.09. The van der Waals surface area contributed by atoms with E-state index in [0.29, 0.717) is 18.4 Å². The molecule has 5 saturated carbocycles. The van der Waals surface area contributed by atoms with Crippen LogP contribution < -0.4 is 0 Å². The number of hydrogen-bond acceptors (Lipinski definition) is 8. The second kappa shape index (κ2) is 7.41. The van der Waals surface area contributed by atoms with Crippen molar-refractivity contribution in [1.82, 2.24) is 4.90 Å². The second-order valence-corrected chi connectivity index (χ2v) is 12.4. The van der Waals surface area contributed by atoms with Crippen LogP contribution in [0.1, 0.15) is 32.6 Å². The third kappa shape index (κ3) is 2.07. The van der Waals surface area contributed by atoms with Crippen LogP contribution in [0.2, 0.25) is 0 Å². The topological polar surface area (TPSA) is 67.9 Å². The van der Waals surface area contributed by atoms with Gasteiger partial charge in [-0.1, -0.05) is 6.92 Å². The lowest BCUT2D eigenvalue weighted by Gasteiger charge is -2.76. The molecule has 1 spiro atoms. The van der Waals surface area contributed by atoms with Crippen molar-refractivity contribution in [2.75, 3.05) is 55.8 Å². The van der Waals surface area contributed by atoms with Gasteiger partial charge in [0, 0.05) is 77.7 Å². The molecule has 0 aromatic rings. The van der Waals surface area contributed by atoms with Gasteiger partial charge in [-0.05, 0) is 31.7 Å². The molecule has 35 heavy (non-hydrogen) atoms. The second-order valence-electron chi connectivity index (χ2n) is 12.4. The zero-order chi connectivity index (χ0) is 24.5. The molecule has 0 aromatic carbocycles. The summed E-state index contributed by atoms with van der Waals surface area (Å²) in [6.07, 6.45) is 4.22. The summed E-state index contributed by atoms with van der Waals surface area (Å²) in [5, 5.41) is 0. The Labute approximate surface area is 209 Å². The van der Waals surface area contributed by atoms with E-state index in [9.17, 15) is 0 Å². The van der Waals surface area contributed by atoms with Crippen LogP contribution in [0.4, 0.5) is 0 Å². The predicted molar refractivity (Wildman–Crippen MR) is 126 cm³/mol. The average molecular weight is 494 g/mol. The lowest BCUT2D eigenvalue weighted by molar-refractivity contribution is -0.413. The molecule has 4 heterocycles. The monoisotopic (exact) mass is 493 g/mol. The number of piperidine rings is 1. The first-order valence-corrected chi connectivity index (χ1v) is 13.6. The maximum absolute atomic E-state index is 7.09. The SMILES string of the molecule is CCN1C2O[C@H]3CC[C@]2(COC)[C@H]2[C@H](OC)[C@@]4(OC)[C@@H]1[C@@]32[C@@H]1C[C@H]2[C@H](OC)[C@@H]1[C@]4(OC)C[C@@H]2OC. The quantitative estimate of drug-likeness (QED) is 0.508. The predicted octanol–water partition coefficient (Wildman–Crippen LogP) is 1.94. The summed E-state index contributed by atoms with van der Waals surface area (Å²) in [5.41, 5.74) is -1.48. The summed E-state index contributed by atoms with van der Waals surface area (Å²) in [4.78, 5) is 2.62. The Morgan fingerprint density at radius 2 is 1.80 bits per heavy atom. The van der Waals surface area contributed by atoms with E-state index in [1.54, 1.807) is 0 Å². The summed E-state index contributed by atoms with van der Waals surface area (Å²) in [5.74, 6) is 1.21. The van der Waals surface area contributed by atoms with E-state index in [1.807, 2.05) is 42.7 Å². The maximum Gasteiger partial charge on any atom is 0.139 e. The summed E-state index contributed by atoms with van der Waals surface area (Å²) >= 11 is 0. The first-order chi connectivity index (χ1) is 17.0. The molecule has 0 aromatic heterocycles. The third-order valence-corrected chi connectivity index (χ3v) is 12.5. The van der Waals surface area contributed by atoms with E-state index in [2.05, 4.69) is 11.8 Å². The Morgan fingerprint density at radius 3 is 2.40 bits per heavy atom. The van der Waals surface area contributed by atoms with Crippen LogP contribution in [0.15, 0.2) is 0 Å². The van der Waals surface area contributed by atoms with E-state index in [1.165, 1.54) is 0 Å². The molecule has 9 fully saturated rings. The fourth-order valence-corrected chi connectivity index (χ4v) is 12.2. The summed E-state index contributed by atoms with van der Waals surface area (Å²) in [6.45, 7) is 3.84. The highest BCUT2D eigenvalue weighted by Crippen LogP contribution is 2.84. The third-order valence-electron chi connectivity index (χ3n) is 12.5. The molecule has 9 aliphatic rings. The molecule has 4 saturated heterocycles. The average Bonchev–Trinajstić information content (AvgIpc) is 3.33. The number of methoxy groups -OCH3 is 6. The van der Waals surface area contributed by atoms with Crippen molar-refractivity contribution in [3.05, 3.63) is 0 Å². The Balaban J connectivity index is 1.58. The Kier molecular flexibility index (Phi) is 5.03. The number of nitrogens with zero attached hydrogens (tertiary/aromatic N) is 1. The molecule has 4 aliphatic heterocycles. The smallest absolute Gasteiger partial charge is 0.139 e. The van der Waals surface area contributed by atoms with Crippen molar-refractivity contribution in [2.45, 2.75) is 80.5 Å². The summed E-state index contributed by atoms with van der Waals surface area (Å²) in [7, 11) is 11.2. The molecule has 1 unspecified atom stereocenters. The van der Waals surface area contributed by atoms with E-state index in [-0.39, 0.29) is 59.4 Å². The number of rotatable bonds is 8. The lowest BCUT2D eigenvalue weighted by atomic mass is 9.40. The molecular formula is C27H43NO7. The first-order valence-electron chi connectivity index (χ1n) is 13.6. The van der Waals surface area contributed by atoms with Crippen molar-refractivity contribution in [2.24, 2.45) is 34.5 Å². The highest BCUT2D eigenvalue weighted by molar-refractivity contribution is 5.44. The van der Waals surface area contributed by atoms with Crippen LogP contribution in [0.3, 0.4) is 0 Å². The van der Waals surface area contributed by atoms with Crippen LogP contribution in [0, 0.1) is 34.5 Å². The van der Waals surface area contributed by atoms with E-state index >= 15 is 0 Å². The Hall–Kier alpha value is -0.320. The minimum atomic E-state index is -0.665. The first kappa shape index (κ1) is 23.8. The summed E-state index contributed by atoms with van der Waals surface area (Å²) < 4.78 is 46.1. The van der Waals surface area contributed by atoms with Crippen LogP contribution >= 0.6 is 0 Å². The lowest BCUT2D eigenvalue weighted by Crippen LogP contribution is -2.87. The molecule has 5 aliphatic carbocycles. The van der Waals surface area contributed by atoms with Gasteiger partial charge in [-0.15, -0.1) is 0 Å². The normalized spacial score (nSPS) is 61.1. The summed E-state index contributed by atoms with van der Waals surface area (Å²) in [6, 6.07) is 0.155. The van der Waals surface area contributed by atoms with Gasteiger partial charge in [0.2, 0.25) is 0 Å². The molecule has 8 heteroatoms. The number of likely N-dealkylation sites (N-methyl/N-ethyl adjacent to an activating group) is 1. The van der Waals surface area contributed by atoms with Crippen molar-refractivity contribution in [3.8, 4) is 0 Å². The molecule has 0 amide bonds. The van der Waals surface area contributed by atoms with Crippen molar-refractivity contribution in [3.63, 3.8) is 0 Å². The minimum absolute atomic E-state index is 0.0123. The van der Waals surface area contributed by atoms with Crippen molar-refractivity contribution < 1.29 is 33.2 Å². The van der Waals surface area contributed by atoms with Gasteiger partial charge in [0.05, 0.1) is 37.1 Å². The molecule has 9 bridgehead atoms. The van der Waals surface area contributed by atoms with Crippen LogP contribution in [-0.2, 0) is 33.2 Å². The molecule has 14 atom stereocenters. The van der Waals surface area contributed by atoms with E-state index in [0.717, 1.165) is 32.2 Å². The van der Waals surface area contributed by atoms with Crippen LogP contribution in [-0.4, -0.2) is 109 Å². The number of ether oxygens (including phenoxy) is 7. The number of hydrogen-bond donors (Lipinski definition) is 0. The molecular weight excluding hydrogens is 450 g/mol. The fraction of sp³-hybridized carbons (Fsp3) is 1.00. The standard InChI is InChI=1S/C27H43NO7/c1-8-28-22-26-15-11-14-16(30-3)12-25(33-6,18(15)19(14)31-4)27(22,34-7)21(32-5)20(26)24(13-29-2)10-9-17(26)35-23(24)28/h14-23H,8-13H2,1-7H3/t14-,15-,16+,17+,18-,19+,20-,21+,22+,23?,24+,25-,26+,27-/m1/s1. The van der Waals surface area contributed by atoms with Crippen LogP contribution in [0.5, 0.6) is 0 Å². The van der Waals surface area contributed by atoms with E-state index in [4.69, 9.17) is 33.2 Å². The zero-order valence-electron chi connectivity index (χ0n) is 22.3. The van der Waals surface area contributed by atoms with E-state index < -0.39 is 11.2 Å². The van der Waals surface area contributed by atoms with Gasteiger partial charge in [0.25, 0.3) is 0 Å². The Bertz CT molecular complexity index is 886. The van der Waals surface area contributed by atoms with Crippen molar-refractivity contribution >= 4 is 0 Å². The number of fused-ring (bicyclic) bond motifs is 3. The molecule has 0 radical (unpaired) electrons. The van der Waals surface area contributed by atoms with Gasteiger partial charge in [-0.2, -0.15) is 0 Å². The highest BCUT2D eigenvalue weighted by atomic mass is 16.6. The van der Waals surface area contributed by atoms with Crippen LogP contribution in [0.25, 0.3) is 0 Å². The highest BCUT2D eigenvalue weighted by Gasteiger charge is 2.95. The molecule has 8 nitrogen and oxygen atoms in total. The van der Waals surface area contributed by atoms with Gasteiger partial charge in [-0.25, -0.2) is 0 Å². The largest absolute Gasteiger partial charge is 0.384 e. The van der Waals surface area contributed by atoms with Gasteiger partial charge < -0.3 is 33.2 Å². The van der Waals surface area contributed by atoms with Gasteiger partial charge >= 0.3 is 0 Å². The molecule has 0 N–H and O–H groups in total. The zero-order valence-corrected chi connectivity index (χ0v) is 22.3. The fourth-order valence-electron chi connectivity index (χ4n) is 12.2.